The standard InChI is InChI=1S/C24H28N4O3/c29-23(16-27-14-22(15-27)28-7-9-30-10-8-28)17-31-24-4-3-18-11-19(1-2-20(18)12-24)21-5-6-25-26-13-21/h1-6,11-13,22-23,29H,7-10,14-17H2. The van der Waals surface area contributed by atoms with Gasteiger partial charge >= 0.3 is 0 Å². The van der Waals surface area contributed by atoms with E-state index < -0.39 is 6.10 Å². The monoisotopic (exact) mass is 420 g/mol. The predicted molar refractivity (Wildman–Crippen MR) is 119 cm³/mol. The van der Waals surface area contributed by atoms with Gasteiger partial charge in [-0.05, 0) is 40.6 Å². The summed E-state index contributed by atoms with van der Waals surface area (Å²) in [5, 5.41) is 20.4. The highest BCUT2D eigenvalue weighted by atomic mass is 16.5. The van der Waals surface area contributed by atoms with Crippen LogP contribution in [0.25, 0.3) is 21.9 Å². The Bertz CT molecular complexity index is 1000. The van der Waals surface area contributed by atoms with E-state index in [-0.39, 0.29) is 0 Å². The number of benzene rings is 2. The summed E-state index contributed by atoms with van der Waals surface area (Å²) in [6, 6.07) is 14.9. The first-order valence-electron chi connectivity index (χ1n) is 10.9. The quantitative estimate of drug-likeness (QED) is 0.627. The zero-order chi connectivity index (χ0) is 21.0. The van der Waals surface area contributed by atoms with Gasteiger partial charge in [-0.25, -0.2) is 0 Å². The van der Waals surface area contributed by atoms with Crippen molar-refractivity contribution < 1.29 is 14.6 Å². The zero-order valence-electron chi connectivity index (χ0n) is 17.6. The summed E-state index contributed by atoms with van der Waals surface area (Å²) < 4.78 is 11.3. The molecule has 7 heteroatoms. The normalized spacial score (nSPS) is 19.3. The van der Waals surface area contributed by atoms with E-state index in [0.29, 0.717) is 19.2 Å². The number of aliphatic hydroxyl groups is 1. The molecule has 3 aromatic rings. The van der Waals surface area contributed by atoms with Gasteiger partial charge in [-0.2, -0.15) is 10.2 Å². The molecule has 7 nitrogen and oxygen atoms in total. The summed E-state index contributed by atoms with van der Waals surface area (Å²) in [6.45, 7) is 6.69. The topological polar surface area (TPSA) is 71.0 Å². The van der Waals surface area contributed by atoms with Crippen LogP contribution in [-0.2, 0) is 4.74 Å². The molecule has 0 amide bonds. The molecule has 1 atom stereocenters. The van der Waals surface area contributed by atoms with Gasteiger partial charge in [0.15, 0.2) is 0 Å². The molecule has 3 heterocycles. The predicted octanol–water partition coefficient (Wildman–Crippen LogP) is 2.05. The number of hydrogen-bond donors (Lipinski definition) is 1. The van der Waals surface area contributed by atoms with Crippen LogP contribution in [0.2, 0.25) is 0 Å². The lowest BCUT2D eigenvalue weighted by molar-refractivity contribution is -0.0461. The molecule has 2 saturated heterocycles. The van der Waals surface area contributed by atoms with Crippen LogP contribution in [0.1, 0.15) is 0 Å². The molecule has 5 rings (SSSR count). The highest BCUT2D eigenvalue weighted by Crippen LogP contribution is 2.26. The third kappa shape index (κ3) is 4.85. The Morgan fingerprint density at radius 1 is 1.00 bits per heavy atom. The van der Waals surface area contributed by atoms with Crippen molar-refractivity contribution in [3.05, 3.63) is 54.9 Å². The number of ether oxygens (including phenoxy) is 2. The Morgan fingerprint density at radius 3 is 2.61 bits per heavy atom. The van der Waals surface area contributed by atoms with Gasteiger partial charge in [-0.1, -0.05) is 18.2 Å². The maximum atomic E-state index is 10.4. The molecule has 162 valence electrons. The van der Waals surface area contributed by atoms with Gasteiger partial charge in [-0.15, -0.1) is 0 Å². The largest absolute Gasteiger partial charge is 0.491 e. The highest BCUT2D eigenvalue weighted by molar-refractivity contribution is 5.88. The maximum absolute atomic E-state index is 10.4. The van der Waals surface area contributed by atoms with Gasteiger partial charge in [0, 0.05) is 44.3 Å². The van der Waals surface area contributed by atoms with E-state index in [4.69, 9.17) is 9.47 Å². The molecule has 31 heavy (non-hydrogen) atoms. The van der Waals surface area contributed by atoms with Crippen LogP contribution >= 0.6 is 0 Å². The third-order valence-corrected chi connectivity index (χ3v) is 6.14. The summed E-state index contributed by atoms with van der Waals surface area (Å²) in [4.78, 5) is 4.79. The minimum Gasteiger partial charge on any atom is -0.491 e. The summed E-state index contributed by atoms with van der Waals surface area (Å²) >= 11 is 0. The molecule has 0 spiro atoms. The van der Waals surface area contributed by atoms with Crippen molar-refractivity contribution in [1.82, 2.24) is 20.0 Å². The Balaban J connectivity index is 1.12. The second-order valence-electron chi connectivity index (χ2n) is 8.34. The first-order chi connectivity index (χ1) is 15.2. The number of morpholine rings is 1. The molecular weight excluding hydrogens is 392 g/mol. The lowest BCUT2D eigenvalue weighted by Crippen LogP contribution is -2.62. The molecule has 1 aromatic heterocycles. The van der Waals surface area contributed by atoms with Gasteiger partial charge < -0.3 is 14.6 Å². The van der Waals surface area contributed by atoms with E-state index in [1.807, 2.05) is 18.2 Å². The average Bonchev–Trinajstić information content (AvgIpc) is 2.80. The van der Waals surface area contributed by atoms with Gasteiger partial charge in [0.2, 0.25) is 0 Å². The van der Waals surface area contributed by atoms with Crippen LogP contribution in [0, 0.1) is 0 Å². The molecule has 1 N–H and O–H groups in total. The molecule has 2 aliphatic rings. The second kappa shape index (κ2) is 9.28. The number of likely N-dealkylation sites (tertiary alicyclic amines) is 1. The molecule has 0 saturated carbocycles. The highest BCUT2D eigenvalue weighted by Gasteiger charge is 2.33. The summed E-state index contributed by atoms with van der Waals surface area (Å²) in [5.74, 6) is 0.777. The van der Waals surface area contributed by atoms with Crippen LogP contribution in [0.3, 0.4) is 0 Å². The molecule has 2 aromatic carbocycles. The van der Waals surface area contributed by atoms with Crippen molar-refractivity contribution in [3.8, 4) is 16.9 Å². The average molecular weight is 421 g/mol. The number of β-amino-alcohol motifs (C(OH)–C–C–N with tert-alkyl or cyclic N) is 1. The van der Waals surface area contributed by atoms with Crippen LogP contribution in [0.15, 0.2) is 54.9 Å². The van der Waals surface area contributed by atoms with Crippen LogP contribution in [0.4, 0.5) is 0 Å². The van der Waals surface area contributed by atoms with E-state index >= 15 is 0 Å². The Labute approximate surface area is 182 Å². The SMILES string of the molecule is OC(COc1ccc2cc(-c3ccnnc3)ccc2c1)CN1CC(N2CCOCC2)C1. The first kappa shape index (κ1) is 20.3. The number of aliphatic hydroxyl groups excluding tert-OH is 1. The molecule has 2 aliphatic heterocycles. The Kier molecular flexibility index (Phi) is 6.08. The van der Waals surface area contributed by atoms with E-state index in [0.717, 1.165) is 67.0 Å². The Morgan fingerprint density at radius 2 is 1.81 bits per heavy atom. The lowest BCUT2D eigenvalue weighted by Gasteiger charge is -2.47. The first-order valence-corrected chi connectivity index (χ1v) is 10.9. The smallest absolute Gasteiger partial charge is 0.120 e. The molecule has 0 aliphatic carbocycles. The van der Waals surface area contributed by atoms with E-state index in [2.05, 4.69) is 44.3 Å². The molecule has 0 radical (unpaired) electrons. The number of hydrogen-bond acceptors (Lipinski definition) is 7. The van der Waals surface area contributed by atoms with Gasteiger partial charge in [0.25, 0.3) is 0 Å². The van der Waals surface area contributed by atoms with Crippen LogP contribution < -0.4 is 4.74 Å². The molecule has 1 unspecified atom stereocenters. The fourth-order valence-electron chi connectivity index (χ4n) is 4.36. The number of nitrogens with zero attached hydrogens (tertiary/aromatic N) is 4. The van der Waals surface area contributed by atoms with Crippen molar-refractivity contribution in [2.45, 2.75) is 12.1 Å². The van der Waals surface area contributed by atoms with Crippen LogP contribution in [-0.4, -0.2) is 89.8 Å². The van der Waals surface area contributed by atoms with Crippen molar-refractivity contribution >= 4 is 10.8 Å². The number of aromatic nitrogens is 2. The van der Waals surface area contributed by atoms with E-state index in [9.17, 15) is 5.11 Å². The summed E-state index contributed by atoms with van der Waals surface area (Å²) in [6.07, 6.45) is 2.97. The summed E-state index contributed by atoms with van der Waals surface area (Å²) in [7, 11) is 0. The zero-order valence-corrected chi connectivity index (χ0v) is 17.6. The van der Waals surface area contributed by atoms with E-state index in [1.54, 1.807) is 12.4 Å². The molecule has 0 bridgehead atoms. The maximum Gasteiger partial charge on any atom is 0.120 e. The molecule has 2 fully saturated rings. The van der Waals surface area contributed by atoms with Gasteiger partial charge in [-0.3, -0.25) is 9.80 Å². The number of fused-ring (bicyclic) bond motifs is 1. The fourth-order valence-corrected chi connectivity index (χ4v) is 4.36. The van der Waals surface area contributed by atoms with Crippen molar-refractivity contribution in [3.63, 3.8) is 0 Å². The van der Waals surface area contributed by atoms with Gasteiger partial charge in [0.1, 0.15) is 18.5 Å². The lowest BCUT2D eigenvalue weighted by atomic mass is 10.0. The minimum absolute atomic E-state index is 0.297. The minimum atomic E-state index is -0.497. The van der Waals surface area contributed by atoms with E-state index in [1.165, 1.54) is 0 Å². The Hall–Kier alpha value is -2.58. The third-order valence-electron chi connectivity index (χ3n) is 6.14. The van der Waals surface area contributed by atoms with Crippen molar-refractivity contribution in [2.75, 3.05) is 52.5 Å². The van der Waals surface area contributed by atoms with Gasteiger partial charge in [0.05, 0.1) is 25.6 Å². The molecular formula is C24H28N4O3. The second-order valence-corrected chi connectivity index (χ2v) is 8.34. The van der Waals surface area contributed by atoms with Crippen molar-refractivity contribution in [2.24, 2.45) is 0 Å². The fraction of sp³-hybridized carbons (Fsp3) is 0.417. The summed E-state index contributed by atoms with van der Waals surface area (Å²) in [5.41, 5.74) is 2.15. The number of rotatable bonds is 7. The van der Waals surface area contributed by atoms with Crippen molar-refractivity contribution in [1.29, 1.82) is 0 Å². The van der Waals surface area contributed by atoms with Crippen LogP contribution in [0.5, 0.6) is 5.75 Å².